The van der Waals surface area contributed by atoms with Crippen LogP contribution in [0.5, 0.6) is 0 Å². The van der Waals surface area contributed by atoms with Crippen molar-refractivity contribution in [1.29, 1.82) is 0 Å². The summed E-state index contributed by atoms with van der Waals surface area (Å²) < 4.78 is 37.9. The molecule has 9 heteroatoms. The number of benzene rings is 1. The first-order valence-electron chi connectivity index (χ1n) is 6.87. The van der Waals surface area contributed by atoms with Crippen molar-refractivity contribution in [3.8, 4) is 0 Å². The van der Waals surface area contributed by atoms with E-state index in [1.165, 1.54) is 36.5 Å². The van der Waals surface area contributed by atoms with Crippen LogP contribution in [0, 0.1) is 0 Å². The van der Waals surface area contributed by atoms with E-state index in [2.05, 4.69) is 4.98 Å². The van der Waals surface area contributed by atoms with Gasteiger partial charge in [0.2, 0.25) is 0 Å². The molecule has 2 aromatic rings. The Morgan fingerprint density at radius 2 is 1.79 bits per heavy atom. The molecule has 24 heavy (non-hydrogen) atoms. The lowest BCUT2D eigenvalue weighted by Gasteiger charge is -2.19. The van der Waals surface area contributed by atoms with Crippen molar-refractivity contribution >= 4 is 5.91 Å². The van der Waals surface area contributed by atoms with Gasteiger partial charge in [-0.3, -0.25) is 14.2 Å². The van der Waals surface area contributed by atoms with Gasteiger partial charge in [0.05, 0.1) is 6.54 Å². The normalized spacial score (nSPS) is 11.3. The average Bonchev–Trinajstić information content (AvgIpc) is 2.49. The highest BCUT2D eigenvalue weighted by molar-refractivity contribution is 5.94. The first kappa shape index (κ1) is 17.5. The Labute approximate surface area is 134 Å². The fraction of sp³-hybridized carbons (Fsp3) is 0.267. The molecular formula is C15H14F3N3O3. The number of carbonyl (C=O) groups excluding carboxylic acids is 1. The van der Waals surface area contributed by atoms with E-state index in [0.717, 1.165) is 11.6 Å². The Hall–Kier alpha value is -2.84. The van der Waals surface area contributed by atoms with Crippen LogP contribution in [-0.2, 0) is 6.54 Å². The van der Waals surface area contributed by atoms with Crippen LogP contribution >= 0.6 is 0 Å². The van der Waals surface area contributed by atoms with Gasteiger partial charge < -0.3 is 9.88 Å². The number of rotatable bonds is 4. The summed E-state index contributed by atoms with van der Waals surface area (Å²) >= 11 is 0. The number of nitrogens with one attached hydrogen (secondary N) is 1. The van der Waals surface area contributed by atoms with Crippen molar-refractivity contribution < 1.29 is 18.0 Å². The molecule has 0 saturated heterocycles. The summed E-state index contributed by atoms with van der Waals surface area (Å²) in [6.45, 7) is -1.36. The van der Waals surface area contributed by atoms with Crippen molar-refractivity contribution in [3.05, 3.63) is 68.5 Å². The van der Waals surface area contributed by atoms with Gasteiger partial charge in [-0.1, -0.05) is 12.1 Å². The maximum atomic E-state index is 12.3. The number of hydrogen-bond acceptors (Lipinski definition) is 3. The molecule has 6 nitrogen and oxygen atoms in total. The summed E-state index contributed by atoms with van der Waals surface area (Å²) in [5.41, 5.74) is -0.417. The summed E-state index contributed by atoms with van der Waals surface area (Å²) in [5.74, 6) is -0.770. The number of halogens is 3. The Morgan fingerprint density at radius 3 is 2.33 bits per heavy atom. The second kappa shape index (κ2) is 6.73. The van der Waals surface area contributed by atoms with Crippen LogP contribution in [0.3, 0.4) is 0 Å². The Morgan fingerprint density at radius 1 is 1.17 bits per heavy atom. The molecule has 0 spiro atoms. The number of amides is 1. The van der Waals surface area contributed by atoms with Crippen molar-refractivity contribution in [2.45, 2.75) is 12.7 Å². The first-order valence-corrected chi connectivity index (χ1v) is 6.87. The predicted molar refractivity (Wildman–Crippen MR) is 79.9 cm³/mol. The highest BCUT2D eigenvalue weighted by atomic mass is 19.4. The minimum atomic E-state index is -4.47. The number of alkyl halides is 3. The second-order valence-electron chi connectivity index (χ2n) is 5.18. The van der Waals surface area contributed by atoms with E-state index in [0.29, 0.717) is 10.5 Å². The molecule has 1 N–H and O–H groups in total. The van der Waals surface area contributed by atoms with E-state index >= 15 is 0 Å². The van der Waals surface area contributed by atoms with Gasteiger partial charge in [-0.05, 0) is 17.7 Å². The maximum absolute atomic E-state index is 12.3. The first-order chi connectivity index (χ1) is 11.2. The van der Waals surface area contributed by atoms with Gasteiger partial charge in [-0.15, -0.1) is 0 Å². The zero-order valence-corrected chi connectivity index (χ0v) is 12.6. The standard InChI is InChI=1S/C15H14F3N3O3/c1-20(9-15(16,17)18)13(23)11-4-2-10(3-5-11)8-21-12(22)6-7-19-14(21)24/h2-7H,8-9H2,1H3,(H,19,24). The molecule has 1 heterocycles. The van der Waals surface area contributed by atoms with Crippen LogP contribution in [0.2, 0.25) is 0 Å². The molecule has 2 rings (SSSR count). The Kier molecular flexibility index (Phi) is 4.91. The van der Waals surface area contributed by atoms with Gasteiger partial charge in [0, 0.05) is 24.9 Å². The van der Waals surface area contributed by atoms with Crippen LogP contribution in [0.1, 0.15) is 15.9 Å². The predicted octanol–water partition coefficient (Wildman–Crippen LogP) is 1.22. The highest BCUT2D eigenvalue weighted by Gasteiger charge is 2.31. The summed E-state index contributed by atoms with van der Waals surface area (Å²) in [7, 11) is 1.06. The lowest BCUT2D eigenvalue weighted by Crippen LogP contribution is -2.36. The summed E-state index contributed by atoms with van der Waals surface area (Å²) in [5, 5.41) is 0. The average molecular weight is 341 g/mol. The molecule has 0 radical (unpaired) electrons. The molecule has 0 atom stereocenters. The number of aromatic amines is 1. The molecule has 128 valence electrons. The van der Waals surface area contributed by atoms with E-state index in [9.17, 15) is 27.6 Å². The molecule has 0 fully saturated rings. The fourth-order valence-corrected chi connectivity index (χ4v) is 2.10. The van der Waals surface area contributed by atoms with Crippen molar-refractivity contribution in [2.75, 3.05) is 13.6 Å². The Balaban J connectivity index is 2.15. The minimum absolute atomic E-state index is 0.0120. The van der Waals surface area contributed by atoms with Crippen molar-refractivity contribution in [3.63, 3.8) is 0 Å². The largest absolute Gasteiger partial charge is 0.406 e. The fourth-order valence-electron chi connectivity index (χ4n) is 2.10. The number of aromatic nitrogens is 2. The molecule has 1 aromatic carbocycles. The number of hydrogen-bond donors (Lipinski definition) is 1. The van der Waals surface area contributed by atoms with E-state index in [4.69, 9.17) is 0 Å². The molecular weight excluding hydrogens is 327 g/mol. The summed E-state index contributed by atoms with van der Waals surface area (Å²) in [6.07, 6.45) is -3.24. The summed E-state index contributed by atoms with van der Waals surface area (Å²) in [6, 6.07) is 6.87. The van der Waals surface area contributed by atoms with Crippen LogP contribution in [0.15, 0.2) is 46.1 Å². The third-order valence-corrected chi connectivity index (χ3v) is 3.25. The third-order valence-electron chi connectivity index (χ3n) is 3.25. The van der Waals surface area contributed by atoms with E-state index in [1.54, 1.807) is 0 Å². The molecule has 1 amide bonds. The molecule has 0 aliphatic rings. The molecule has 1 aromatic heterocycles. The van der Waals surface area contributed by atoms with Gasteiger partial charge in [0.25, 0.3) is 11.5 Å². The van der Waals surface area contributed by atoms with E-state index < -0.39 is 29.9 Å². The van der Waals surface area contributed by atoms with Crippen molar-refractivity contribution in [2.24, 2.45) is 0 Å². The minimum Gasteiger partial charge on any atom is -0.333 e. The topological polar surface area (TPSA) is 75.2 Å². The van der Waals surface area contributed by atoms with Crippen LogP contribution in [0.4, 0.5) is 13.2 Å². The Bertz CT molecular complexity index is 810. The van der Waals surface area contributed by atoms with Crippen molar-refractivity contribution in [1.82, 2.24) is 14.5 Å². The third kappa shape index (κ3) is 4.34. The van der Waals surface area contributed by atoms with Crippen LogP contribution in [-0.4, -0.2) is 40.1 Å². The van der Waals surface area contributed by atoms with E-state index in [1.807, 2.05) is 0 Å². The maximum Gasteiger partial charge on any atom is 0.406 e. The van der Waals surface area contributed by atoms with E-state index in [-0.39, 0.29) is 12.1 Å². The van der Waals surface area contributed by atoms with Gasteiger partial charge in [-0.2, -0.15) is 13.2 Å². The number of carbonyl (C=O) groups is 1. The molecule has 0 aliphatic heterocycles. The SMILES string of the molecule is CN(CC(F)(F)F)C(=O)c1ccc(Cn2c(=O)cc[nH]c2=O)cc1. The van der Waals surface area contributed by atoms with Gasteiger partial charge in [-0.25, -0.2) is 4.79 Å². The lowest BCUT2D eigenvalue weighted by molar-refractivity contribution is -0.138. The van der Waals surface area contributed by atoms with Gasteiger partial charge in [0.1, 0.15) is 6.54 Å². The quantitative estimate of drug-likeness (QED) is 0.909. The zero-order chi connectivity index (χ0) is 17.9. The molecule has 0 saturated carbocycles. The highest BCUT2D eigenvalue weighted by Crippen LogP contribution is 2.17. The van der Waals surface area contributed by atoms with Gasteiger partial charge >= 0.3 is 11.9 Å². The second-order valence-corrected chi connectivity index (χ2v) is 5.18. The molecule has 0 unspecified atom stereocenters. The lowest BCUT2D eigenvalue weighted by atomic mass is 10.1. The van der Waals surface area contributed by atoms with Crippen LogP contribution in [0.25, 0.3) is 0 Å². The van der Waals surface area contributed by atoms with Gasteiger partial charge in [0.15, 0.2) is 0 Å². The van der Waals surface area contributed by atoms with Crippen LogP contribution < -0.4 is 11.2 Å². The number of nitrogens with zero attached hydrogens (tertiary/aromatic N) is 2. The monoisotopic (exact) mass is 341 g/mol. The molecule has 0 aliphatic carbocycles. The zero-order valence-electron chi connectivity index (χ0n) is 12.6. The summed E-state index contributed by atoms with van der Waals surface area (Å²) in [4.78, 5) is 38.1. The number of H-pyrrole nitrogens is 1. The smallest absolute Gasteiger partial charge is 0.333 e. The molecule has 0 bridgehead atoms.